The molecule has 2 fully saturated rings. The first-order valence-corrected chi connectivity index (χ1v) is 8.03. The Morgan fingerprint density at radius 3 is 2.29 bits per heavy atom. The molecule has 0 radical (unpaired) electrons. The van der Waals surface area contributed by atoms with Crippen LogP contribution in [-0.2, 0) is 0 Å². The lowest BCUT2D eigenvalue weighted by molar-refractivity contribution is 0.190. The van der Waals surface area contributed by atoms with Crippen LogP contribution in [0.1, 0.15) is 25.7 Å². The summed E-state index contributed by atoms with van der Waals surface area (Å²) in [5.74, 6) is 2.56. The Hall–Kier alpha value is 0.620. The molecule has 2 nitrogen and oxygen atoms in total. The maximum atomic E-state index is 6.22. The van der Waals surface area contributed by atoms with Crippen molar-refractivity contribution in [3.63, 3.8) is 0 Å². The Bertz CT molecular complexity index is 175. The second kappa shape index (κ2) is 5.10. The monoisotopic (exact) mass is 232 g/mol. The van der Waals surface area contributed by atoms with Crippen molar-refractivity contribution in [2.45, 2.75) is 31.2 Å². The molecule has 0 aromatic rings. The molecular formula is C10H20N2S2. The maximum Gasteiger partial charge on any atom is 0.0166 e. The van der Waals surface area contributed by atoms with Crippen LogP contribution in [0, 0.1) is 0 Å². The zero-order chi connectivity index (χ0) is 9.86. The molecule has 4 heteroatoms. The summed E-state index contributed by atoms with van der Waals surface area (Å²) in [6, 6.07) is 0. The third-order valence-corrected chi connectivity index (χ3v) is 5.71. The molecule has 2 aliphatic rings. The van der Waals surface area contributed by atoms with E-state index in [9.17, 15) is 0 Å². The number of hydrogen-bond donors (Lipinski definition) is 1. The van der Waals surface area contributed by atoms with Gasteiger partial charge in [0.15, 0.2) is 0 Å². The molecule has 1 aliphatic carbocycles. The van der Waals surface area contributed by atoms with Crippen molar-refractivity contribution < 1.29 is 0 Å². The molecule has 14 heavy (non-hydrogen) atoms. The molecule has 0 aromatic heterocycles. The molecule has 0 bridgehead atoms. The van der Waals surface area contributed by atoms with Crippen LogP contribution in [0.3, 0.4) is 0 Å². The van der Waals surface area contributed by atoms with Gasteiger partial charge in [-0.3, -0.25) is 0 Å². The predicted molar refractivity (Wildman–Crippen MR) is 66.7 cm³/mol. The van der Waals surface area contributed by atoms with E-state index in [1.165, 1.54) is 56.8 Å². The molecule has 1 aliphatic heterocycles. The van der Waals surface area contributed by atoms with E-state index in [-0.39, 0.29) is 5.54 Å². The quantitative estimate of drug-likeness (QED) is 0.753. The number of hydrogen-bond acceptors (Lipinski definition) is 4. The van der Waals surface area contributed by atoms with Gasteiger partial charge in [-0.05, 0) is 32.2 Å². The molecule has 1 saturated heterocycles. The van der Waals surface area contributed by atoms with Gasteiger partial charge in [0.25, 0.3) is 0 Å². The van der Waals surface area contributed by atoms with Crippen molar-refractivity contribution >= 4 is 21.6 Å². The smallest absolute Gasteiger partial charge is 0.0166 e. The van der Waals surface area contributed by atoms with E-state index >= 15 is 0 Å². The van der Waals surface area contributed by atoms with Crippen LogP contribution >= 0.6 is 21.6 Å². The number of nitrogens with zero attached hydrogens (tertiary/aromatic N) is 1. The number of nitrogens with two attached hydrogens (primary N) is 1. The van der Waals surface area contributed by atoms with Gasteiger partial charge in [0.1, 0.15) is 0 Å². The molecule has 0 atom stereocenters. The van der Waals surface area contributed by atoms with Gasteiger partial charge in [-0.15, -0.1) is 0 Å². The van der Waals surface area contributed by atoms with E-state index in [0.717, 1.165) is 0 Å². The summed E-state index contributed by atoms with van der Waals surface area (Å²) in [6.07, 6.45) is 5.07. The van der Waals surface area contributed by atoms with Crippen molar-refractivity contribution in [3.05, 3.63) is 0 Å². The topological polar surface area (TPSA) is 29.3 Å². The fraction of sp³-hybridized carbons (Fsp3) is 1.00. The van der Waals surface area contributed by atoms with Gasteiger partial charge in [0.2, 0.25) is 0 Å². The standard InChI is InChI=1S/C10H20N2S2/c11-10(2-1-3-10)4-5-12-6-8-13-14-9-7-12/h1-9,11H2. The summed E-state index contributed by atoms with van der Waals surface area (Å²) in [4.78, 5) is 2.58. The third kappa shape index (κ3) is 3.05. The normalized spacial score (nSPS) is 28.1. The summed E-state index contributed by atoms with van der Waals surface area (Å²) >= 11 is 0. The third-order valence-electron chi connectivity index (χ3n) is 3.34. The van der Waals surface area contributed by atoms with Crippen LogP contribution in [0.2, 0.25) is 0 Å². The van der Waals surface area contributed by atoms with Crippen molar-refractivity contribution in [1.29, 1.82) is 0 Å². The minimum absolute atomic E-state index is 0.215. The summed E-state index contributed by atoms with van der Waals surface area (Å²) in [5, 5.41) is 0. The van der Waals surface area contributed by atoms with Crippen molar-refractivity contribution in [2.24, 2.45) is 5.73 Å². The summed E-state index contributed by atoms with van der Waals surface area (Å²) in [7, 11) is 4.03. The van der Waals surface area contributed by atoms with Gasteiger partial charge in [0, 0.05) is 30.1 Å². The highest BCUT2D eigenvalue weighted by Gasteiger charge is 2.32. The highest BCUT2D eigenvalue weighted by molar-refractivity contribution is 8.76. The largest absolute Gasteiger partial charge is 0.325 e. The molecule has 0 unspecified atom stereocenters. The summed E-state index contributed by atoms with van der Waals surface area (Å²) < 4.78 is 0. The van der Waals surface area contributed by atoms with Gasteiger partial charge in [0.05, 0.1) is 0 Å². The van der Waals surface area contributed by atoms with Crippen molar-refractivity contribution in [1.82, 2.24) is 4.90 Å². The van der Waals surface area contributed by atoms with E-state index in [1.54, 1.807) is 0 Å². The van der Waals surface area contributed by atoms with E-state index < -0.39 is 0 Å². The maximum absolute atomic E-state index is 6.22. The first kappa shape index (κ1) is 11.1. The predicted octanol–water partition coefficient (Wildman–Crippen LogP) is 1.95. The Morgan fingerprint density at radius 1 is 1.14 bits per heavy atom. The fourth-order valence-electron chi connectivity index (χ4n) is 2.05. The summed E-state index contributed by atoms with van der Waals surface area (Å²) in [6.45, 7) is 3.74. The lowest BCUT2D eigenvalue weighted by Gasteiger charge is -2.39. The Balaban J connectivity index is 1.68. The molecule has 1 saturated carbocycles. The van der Waals surface area contributed by atoms with Crippen LogP contribution in [0.4, 0.5) is 0 Å². The summed E-state index contributed by atoms with van der Waals surface area (Å²) in [5.41, 5.74) is 6.44. The molecule has 82 valence electrons. The average Bonchev–Trinajstić information content (AvgIpc) is 2.40. The van der Waals surface area contributed by atoms with E-state index in [1.807, 2.05) is 21.6 Å². The van der Waals surface area contributed by atoms with Gasteiger partial charge < -0.3 is 10.6 Å². The van der Waals surface area contributed by atoms with Gasteiger partial charge in [-0.1, -0.05) is 21.6 Å². The van der Waals surface area contributed by atoms with Gasteiger partial charge in [-0.2, -0.15) is 0 Å². The molecular weight excluding hydrogens is 212 g/mol. The van der Waals surface area contributed by atoms with E-state index in [2.05, 4.69) is 4.90 Å². The lowest BCUT2D eigenvalue weighted by atomic mass is 9.75. The van der Waals surface area contributed by atoms with Crippen molar-refractivity contribution in [3.8, 4) is 0 Å². The van der Waals surface area contributed by atoms with Gasteiger partial charge >= 0.3 is 0 Å². The molecule has 0 spiro atoms. The van der Waals surface area contributed by atoms with Crippen LogP contribution in [-0.4, -0.2) is 41.6 Å². The molecule has 0 amide bonds. The molecule has 2 rings (SSSR count). The lowest BCUT2D eigenvalue weighted by Crippen LogP contribution is -2.49. The molecule has 0 aromatic carbocycles. The van der Waals surface area contributed by atoms with E-state index in [0.29, 0.717) is 0 Å². The Kier molecular flexibility index (Phi) is 4.05. The van der Waals surface area contributed by atoms with Crippen LogP contribution in [0.5, 0.6) is 0 Å². The van der Waals surface area contributed by atoms with Crippen LogP contribution < -0.4 is 5.73 Å². The Morgan fingerprint density at radius 2 is 1.79 bits per heavy atom. The second-order valence-corrected chi connectivity index (χ2v) is 7.15. The average molecular weight is 232 g/mol. The first-order chi connectivity index (χ1) is 6.79. The Labute approximate surface area is 94.8 Å². The first-order valence-electron chi connectivity index (χ1n) is 5.54. The van der Waals surface area contributed by atoms with Crippen LogP contribution in [0.25, 0.3) is 0 Å². The molecule has 2 N–H and O–H groups in total. The minimum Gasteiger partial charge on any atom is -0.325 e. The molecule has 1 heterocycles. The zero-order valence-corrected chi connectivity index (χ0v) is 10.3. The number of rotatable bonds is 3. The van der Waals surface area contributed by atoms with Crippen LogP contribution in [0.15, 0.2) is 0 Å². The van der Waals surface area contributed by atoms with E-state index in [4.69, 9.17) is 5.73 Å². The second-order valence-electron chi connectivity index (χ2n) is 4.45. The fourth-order valence-corrected chi connectivity index (χ4v) is 4.10. The highest BCUT2D eigenvalue weighted by atomic mass is 33.1. The zero-order valence-electron chi connectivity index (χ0n) is 8.71. The van der Waals surface area contributed by atoms with Crippen molar-refractivity contribution in [2.75, 3.05) is 31.1 Å². The minimum atomic E-state index is 0.215. The SMILES string of the molecule is NC1(CCN2CCSSCC2)CCC1. The van der Waals surface area contributed by atoms with Gasteiger partial charge in [-0.25, -0.2) is 0 Å². The highest BCUT2D eigenvalue weighted by Crippen LogP contribution is 2.32.